The van der Waals surface area contributed by atoms with Crippen molar-refractivity contribution in [2.24, 2.45) is 0 Å². The zero-order chi connectivity index (χ0) is 19.3. The van der Waals surface area contributed by atoms with E-state index in [2.05, 4.69) is 25.3 Å². The predicted octanol–water partition coefficient (Wildman–Crippen LogP) is 2.46. The van der Waals surface area contributed by atoms with Gasteiger partial charge in [0.15, 0.2) is 0 Å². The summed E-state index contributed by atoms with van der Waals surface area (Å²) in [7, 11) is 1.87. The molecular formula is C20H21FN6O. The molecule has 4 atom stereocenters. The first-order chi connectivity index (χ1) is 13.6. The first-order valence-electron chi connectivity index (χ1n) is 9.49. The third-order valence-electron chi connectivity index (χ3n) is 5.99. The first-order valence-corrected chi connectivity index (χ1v) is 9.49. The van der Waals surface area contributed by atoms with Crippen LogP contribution >= 0.6 is 0 Å². The van der Waals surface area contributed by atoms with Crippen LogP contribution in [0, 0.1) is 0 Å². The lowest BCUT2D eigenvalue weighted by molar-refractivity contribution is 0.176. The Hall–Kier alpha value is -2.87. The maximum atomic E-state index is 14.8. The maximum Gasteiger partial charge on any atom is 0.147 e. The summed E-state index contributed by atoms with van der Waals surface area (Å²) in [6.07, 6.45) is 8.03. The van der Waals surface area contributed by atoms with Gasteiger partial charge < -0.3 is 15.3 Å². The second-order valence-corrected chi connectivity index (χ2v) is 7.58. The zero-order valence-electron chi connectivity index (χ0n) is 15.5. The Morgan fingerprint density at radius 3 is 2.86 bits per heavy atom. The highest BCUT2D eigenvalue weighted by Crippen LogP contribution is 2.35. The summed E-state index contributed by atoms with van der Waals surface area (Å²) in [5, 5.41) is 14.5. The van der Waals surface area contributed by atoms with Crippen LogP contribution in [0.3, 0.4) is 0 Å². The number of aromatic nitrogens is 4. The summed E-state index contributed by atoms with van der Waals surface area (Å²) < 4.78 is 14.8. The zero-order valence-corrected chi connectivity index (χ0v) is 15.5. The molecule has 0 saturated carbocycles. The van der Waals surface area contributed by atoms with Crippen molar-refractivity contribution in [2.45, 2.75) is 43.6 Å². The Kier molecular flexibility index (Phi) is 4.08. The minimum absolute atomic E-state index is 0.0600. The van der Waals surface area contributed by atoms with Crippen LogP contribution in [0.2, 0.25) is 0 Å². The van der Waals surface area contributed by atoms with E-state index in [9.17, 15) is 9.50 Å². The van der Waals surface area contributed by atoms with Crippen LogP contribution < -0.4 is 10.2 Å². The third-order valence-corrected chi connectivity index (χ3v) is 5.99. The Morgan fingerprint density at radius 2 is 2.04 bits per heavy atom. The van der Waals surface area contributed by atoms with E-state index in [-0.39, 0.29) is 17.8 Å². The molecule has 5 rings (SSSR count). The Bertz CT molecular complexity index is 1010. The number of hydrogen-bond donors (Lipinski definition) is 2. The number of phenols is 1. The molecule has 0 radical (unpaired) electrons. The number of halogens is 1. The molecule has 1 unspecified atom stereocenters. The molecule has 0 spiro atoms. The van der Waals surface area contributed by atoms with Gasteiger partial charge in [-0.05, 0) is 31.4 Å². The lowest BCUT2D eigenvalue weighted by Gasteiger charge is -2.38. The second kappa shape index (κ2) is 6.63. The number of anilines is 1. The highest BCUT2D eigenvalue weighted by atomic mass is 19.1. The normalized spacial score (nSPS) is 26.5. The average molecular weight is 380 g/mol. The number of fused-ring (bicyclic) bond motifs is 3. The number of piperidine rings is 1. The van der Waals surface area contributed by atoms with Gasteiger partial charge in [0.1, 0.15) is 24.1 Å². The molecule has 2 saturated heterocycles. The monoisotopic (exact) mass is 380 g/mol. The molecule has 2 aliphatic heterocycles. The molecule has 2 aliphatic rings. The fourth-order valence-corrected chi connectivity index (χ4v) is 4.41. The summed E-state index contributed by atoms with van der Waals surface area (Å²) >= 11 is 0. The van der Waals surface area contributed by atoms with Crippen LogP contribution in [0.15, 0.2) is 37.1 Å². The van der Waals surface area contributed by atoms with Gasteiger partial charge >= 0.3 is 0 Å². The van der Waals surface area contributed by atoms with E-state index in [4.69, 9.17) is 0 Å². The standard InChI is InChI=1S/C20H21FN6O/c1-27(17-6-11-2-4-15(26-11)19(17)21)18-9-23-16(8-24-18)12-3-5-14-13(20(12)28)7-22-10-25-14/h3,5,7-11,15,17,19,26,28H,2,4,6H2,1H3/t11-,15?,17-,19+/m0/s1. The van der Waals surface area contributed by atoms with Crippen molar-refractivity contribution in [3.05, 3.63) is 37.1 Å². The number of nitrogens with zero attached hydrogens (tertiary/aromatic N) is 5. The number of benzene rings is 1. The van der Waals surface area contributed by atoms with Crippen molar-refractivity contribution >= 4 is 16.7 Å². The Morgan fingerprint density at radius 1 is 1.14 bits per heavy atom. The summed E-state index contributed by atoms with van der Waals surface area (Å²) in [5.41, 5.74) is 1.77. The lowest BCUT2D eigenvalue weighted by Crippen LogP contribution is -2.55. The number of phenolic OH excluding ortho intramolecular Hbond substituents is 1. The van der Waals surface area contributed by atoms with Crippen molar-refractivity contribution in [1.29, 1.82) is 0 Å². The molecule has 7 nitrogen and oxygen atoms in total. The van der Waals surface area contributed by atoms with Gasteiger partial charge in [0, 0.05) is 30.9 Å². The van der Waals surface area contributed by atoms with Crippen molar-refractivity contribution in [2.75, 3.05) is 11.9 Å². The number of nitrogens with one attached hydrogen (secondary N) is 1. The van der Waals surface area contributed by atoms with Crippen molar-refractivity contribution in [1.82, 2.24) is 25.3 Å². The summed E-state index contributed by atoms with van der Waals surface area (Å²) in [6.45, 7) is 0. The molecule has 2 fully saturated rings. The fraction of sp³-hybridized carbons (Fsp3) is 0.400. The van der Waals surface area contributed by atoms with Crippen molar-refractivity contribution in [3.8, 4) is 17.0 Å². The first kappa shape index (κ1) is 17.2. The SMILES string of the molecule is CN(c1cnc(-c2ccc3ncncc3c2O)cn1)[C@H]1C[C@@H]2CCC(N2)[C@H]1F. The van der Waals surface area contributed by atoms with Gasteiger partial charge in [-0.3, -0.25) is 4.98 Å². The van der Waals surface area contributed by atoms with Gasteiger partial charge in [-0.2, -0.15) is 0 Å². The largest absolute Gasteiger partial charge is 0.506 e. The Balaban J connectivity index is 1.42. The molecule has 28 heavy (non-hydrogen) atoms. The van der Waals surface area contributed by atoms with Gasteiger partial charge in [-0.15, -0.1) is 0 Å². The van der Waals surface area contributed by atoms with E-state index in [1.165, 1.54) is 6.33 Å². The van der Waals surface area contributed by atoms with Crippen LogP contribution in [0.1, 0.15) is 19.3 Å². The highest BCUT2D eigenvalue weighted by Gasteiger charge is 2.43. The molecule has 4 heterocycles. The maximum absolute atomic E-state index is 14.8. The number of hydrogen-bond acceptors (Lipinski definition) is 7. The molecule has 2 bridgehead atoms. The summed E-state index contributed by atoms with van der Waals surface area (Å²) in [5.74, 6) is 0.702. The molecule has 3 aromatic rings. The number of aromatic hydroxyl groups is 1. The van der Waals surface area contributed by atoms with Gasteiger partial charge in [-0.1, -0.05) is 0 Å². The quantitative estimate of drug-likeness (QED) is 0.722. The number of alkyl halides is 1. The van der Waals surface area contributed by atoms with E-state index >= 15 is 0 Å². The second-order valence-electron chi connectivity index (χ2n) is 7.58. The van der Waals surface area contributed by atoms with Gasteiger partial charge in [0.25, 0.3) is 0 Å². The van der Waals surface area contributed by atoms with Crippen LogP contribution in [0.4, 0.5) is 10.2 Å². The lowest BCUT2D eigenvalue weighted by atomic mass is 9.96. The third kappa shape index (κ3) is 2.75. The van der Waals surface area contributed by atoms with E-state index in [0.717, 1.165) is 19.3 Å². The van der Waals surface area contributed by atoms with Crippen LogP contribution in [-0.2, 0) is 0 Å². The molecule has 1 aromatic carbocycles. The number of rotatable bonds is 3. The minimum atomic E-state index is -0.922. The summed E-state index contributed by atoms with van der Waals surface area (Å²) in [6, 6.07) is 3.70. The molecule has 144 valence electrons. The average Bonchev–Trinajstić information content (AvgIpc) is 3.14. The molecule has 0 amide bonds. The van der Waals surface area contributed by atoms with Crippen LogP contribution in [0.25, 0.3) is 22.2 Å². The topological polar surface area (TPSA) is 87.1 Å². The molecular weight excluding hydrogens is 359 g/mol. The molecule has 0 aliphatic carbocycles. The van der Waals surface area contributed by atoms with E-state index in [0.29, 0.717) is 34.0 Å². The van der Waals surface area contributed by atoms with E-state index in [1.807, 2.05) is 18.0 Å². The Labute approximate surface area is 161 Å². The van der Waals surface area contributed by atoms with Gasteiger partial charge in [0.2, 0.25) is 0 Å². The predicted molar refractivity (Wildman–Crippen MR) is 104 cm³/mol. The highest BCUT2D eigenvalue weighted by molar-refractivity contribution is 5.91. The molecule has 2 N–H and O–H groups in total. The van der Waals surface area contributed by atoms with Crippen molar-refractivity contribution < 1.29 is 9.50 Å². The van der Waals surface area contributed by atoms with Crippen LogP contribution in [0.5, 0.6) is 5.75 Å². The molecule has 8 heteroatoms. The fourth-order valence-electron chi connectivity index (χ4n) is 4.41. The van der Waals surface area contributed by atoms with Crippen LogP contribution in [-0.4, -0.2) is 56.4 Å². The smallest absolute Gasteiger partial charge is 0.147 e. The van der Waals surface area contributed by atoms with E-state index < -0.39 is 6.17 Å². The van der Waals surface area contributed by atoms with Crippen molar-refractivity contribution in [3.63, 3.8) is 0 Å². The van der Waals surface area contributed by atoms with Gasteiger partial charge in [0.05, 0.1) is 35.0 Å². The van der Waals surface area contributed by atoms with E-state index in [1.54, 1.807) is 24.7 Å². The minimum Gasteiger partial charge on any atom is -0.506 e. The van der Waals surface area contributed by atoms with Gasteiger partial charge in [-0.25, -0.2) is 19.3 Å². The summed E-state index contributed by atoms with van der Waals surface area (Å²) in [4.78, 5) is 19.0. The molecule has 2 aromatic heterocycles.